The fourth-order valence-corrected chi connectivity index (χ4v) is 2.80. The average Bonchev–Trinajstić information content (AvgIpc) is 3.13. The number of nitrogens with zero attached hydrogens (tertiary/aromatic N) is 1. The van der Waals surface area contributed by atoms with E-state index in [0.29, 0.717) is 0 Å². The second kappa shape index (κ2) is 6.99. The van der Waals surface area contributed by atoms with Gasteiger partial charge in [-0.15, -0.1) is 0 Å². The van der Waals surface area contributed by atoms with Crippen molar-refractivity contribution in [2.24, 2.45) is 5.73 Å². The Morgan fingerprint density at radius 3 is 2.65 bits per heavy atom. The van der Waals surface area contributed by atoms with Crippen LogP contribution in [0.3, 0.4) is 0 Å². The first-order chi connectivity index (χ1) is 12.4. The van der Waals surface area contributed by atoms with Crippen LogP contribution in [-0.2, 0) is 11.2 Å². The fraction of sp³-hybridized carbons (Fsp3) is 0.333. The van der Waals surface area contributed by atoms with Gasteiger partial charge in [0.15, 0.2) is 12.1 Å². The number of aliphatic hydroxyl groups excluding tert-OH is 1. The number of carbonyl (C=O) groups is 2. The molecule has 2 aliphatic rings. The van der Waals surface area contributed by atoms with Crippen molar-refractivity contribution in [3.63, 3.8) is 0 Å². The van der Waals surface area contributed by atoms with E-state index in [2.05, 4.69) is 5.32 Å². The Balaban J connectivity index is 1.84. The predicted octanol–water partition coefficient (Wildman–Crippen LogP) is 1.20. The third kappa shape index (κ3) is 3.14. The number of halogens is 1. The summed E-state index contributed by atoms with van der Waals surface area (Å²) in [5, 5.41) is 11.3. The van der Waals surface area contributed by atoms with Gasteiger partial charge >= 0.3 is 6.03 Å². The minimum atomic E-state index is -2.28. The van der Waals surface area contributed by atoms with Crippen molar-refractivity contribution in [2.45, 2.75) is 31.3 Å². The number of aryl methyl sites for hydroxylation is 1. The molecule has 0 saturated heterocycles. The number of Topliss-reactive ketones (excluding diaryl/α,β-unsaturated/α-hetero) is 1. The van der Waals surface area contributed by atoms with Gasteiger partial charge in [0.2, 0.25) is 11.4 Å². The summed E-state index contributed by atoms with van der Waals surface area (Å²) in [5.41, 5.74) is 4.84. The Morgan fingerprint density at radius 2 is 2.08 bits per heavy atom. The van der Waals surface area contributed by atoms with Crippen molar-refractivity contribution in [1.29, 1.82) is 0 Å². The van der Waals surface area contributed by atoms with Crippen LogP contribution in [0.15, 0.2) is 48.4 Å². The molecule has 0 fully saturated rings. The molecule has 1 aromatic carbocycles. The SMILES string of the molecule is CCc1ccc(C(=O)C2(N)NC(=O)N([C@H]3C=C[C@@H](CO)O3)C=C2F)cc1. The van der Waals surface area contributed by atoms with E-state index in [-0.39, 0.29) is 12.2 Å². The number of amides is 2. The molecule has 138 valence electrons. The molecule has 2 heterocycles. The van der Waals surface area contributed by atoms with E-state index >= 15 is 0 Å². The van der Waals surface area contributed by atoms with Crippen LogP contribution < -0.4 is 11.1 Å². The first kappa shape index (κ1) is 18.2. The molecule has 4 N–H and O–H groups in total. The second-order valence-electron chi connectivity index (χ2n) is 6.13. The van der Waals surface area contributed by atoms with E-state index in [1.165, 1.54) is 6.08 Å². The minimum Gasteiger partial charge on any atom is -0.393 e. The largest absolute Gasteiger partial charge is 0.393 e. The van der Waals surface area contributed by atoms with Crippen LogP contribution >= 0.6 is 0 Å². The van der Waals surface area contributed by atoms with Gasteiger partial charge in [-0.05, 0) is 18.1 Å². The molecule has 3 rings (SSSR count). The van der Waals surface area contributed by atoms with Crippen molar-refractivity contribution in [1.82, 2.24) is 10.2 Å². The topological polar surface area (TPSA) is 105 Å². The average molecular weight is 361 g/mol. The lowest BCUT2D eigenvalue weighted by molar-refractivity contribution is -0.0262. The van der Waals surface area contributed by atoms with Crippen LogP contribution in [0, 0.1) is 0 Å². The molecule has 8 heteroatoms. The minimum absolute atomic E-state index is 0.194. The van der Waals surface area contributed by atoms with Gasteiger partial charge in [-0.3, -0.25) is 15.4 Å². The first-order valence-corrected chi connectivity index (χ1v) is 8.24. The van der Waals surface area contributed by atoms with Gasteiger partial charge in [0.1, 0.15) is 6.10 Å². The number of ketones is 1. The number of ether oxygens (including phenoxy) is 1. The van der Waals surface area contributed by atoms with E-state index in [9.17, 15) is 14.0 Å². The number of hydrogen-bond acceptors (Lipinski definition) is 5. The Bertz CT molecular complexity index is 777. The molecule has 26 heavy (non-hydrogen) atoms. The van der Waals surface area contributed by atoms with Crippen molar-refractivity contribution in [3.8, 4) is 0 Å². The third-order valence-corrected chi connectivity index (χ3v) is 4.41. The number of aliphatic hydroxyl groups is 1. The number of nitrogens with one attached hydrogen (secondary N) is 1. The predicted molar refractivity (Wildman–Crippen MR) is 91.5 cm³/mol. The molecule has 0 aromatic heterocycles. The number of rotatable bonds is 5. The van der Waals surface area contributed by atoms with E-state index in [1.54, 1.807) is 30.3 Å². The van der Waals surface area contributed by atoms with Crippen LogP contribution in [0.1, 0.15) is 22.8 Å². The standard InChI is InChI=1S/C18H20FN3O4/c1-2-11-3-5-12(6-4-11)16(24)18(20)14(19)9-22(17(25)21-18)15-8-7-13(10-23)26-15/h3-9,13,15,23H,2,10,20H2,1H3,(H,21,25)/t13-,15+,18?/m0/s1. The van der Waals surface area contributed by atoms with Crippen molar-refractivity contribution >= 4 is 11.8 Å². The van der Waals surface area contributed by atoms with Gasteiger partial charge in [-0.1, -0.05) is 37.3 Å². The smallest absolute Gasteiger partial charge is 0.326 e. The zero-order valence-electron chi connectivity index (χ0n) is 14.2. The first-order valence-electron chi connectivity index (χ1n) is 8.24. The Hall–Kier alpha value is -2.55. The molecular formula is C18H20FN3O4. The third-order valence-electron chi connectivity index (χ3n) is 4.41. The maximum atomic E-state index is 14.7. The summed E-state index contributed by atoms with van der Waals surface area (Å²) in [6.07, 6.45) is 3.26. The van der Waals surface area contributed by atoms with Crippen LogP contribution in [0.5, 0.6) is 0 Å². The summed E-state index contributed by atoms with van der Waals surface area (Å²) in [4.78, 5) is 26.0. The second-order valence-corrected chi connectivity index (χ2v) is 6.13. The van der Waals surface area contributed by atoms with Gasteiger partial charge in [0, 0.05) is 11.8 Å². The van der Waals surface area contributed by atoms with Crippen molar-refractivity contribution in [2.75, 3.05) is 6.61 Å². The molecule has 7 nitrogen and oxygen atoms in total. The monoisotopic (exact) mass is 361 g/mol. The van der Waals surface area contributed by atoms with E-state index in [1.807, 2.05) is 6.92 Å². The lowest BCUT2D eigenvalue weighted by Crippen LogP contribution is -2.67. The molecule has 0 spiro atoms. The molecule has 0 saturated carbocycles. The number of hydrogen-bond donors (Lipinski definition) is 3. The fourth-order valence-electron chi connectivity index (χ4n) is 2.80. The lowest BCUT2D eigenvalue weighted by atomic mass is 9.95. The van der Waals surface area contributed by atoms with Crippen LogP contribution in [0.2, 0.25) is 0 Å². The van der Waals surface area contributed by atoms with Crippen LogP contribution in [-0.4, -0.2) is 46.4 Å². The van der Waals surface area contributed by atoms with Gasteiger partial charge in [0.25, 0.3) is 0 Å². The molecule has 2 aliphatic heterocycles. The molecule has 2 amide bonds. The Kier molecular flexibility index (Phi) is 4.90. The normalized spacial score (nSPS) is 28.1. The van der Waals surface area contributed by atoms with E-state index in [4.69, 9.17) is 15.6 Å². The highest BCUT2D eigenvalue weighted by atomic mass is 19.1. The summed E-state index contributed by atoms with van der Waals surface area (Å²) in [7, 11) is 0. The highest BCUT2D eigenvalue weighted by Crippen LogP contribution is 2.27. The Morgan fingerprint density at radius 1 is 1.38 bits per heavy atom. The van der Waals surface area contributed by atoms with Crippen molar-refractivity contribution < 1.29 is 23.8 Å². The van der Waals surface area contributed by atoms with Crippen molar-refractivity contribution in [3.05, 3.63) is 59.6 Å². The van der Waals surface area contributed by atoms with Gasteiger partial charge in [0.05, 0.1) is 6.61 Å². The number of urea groups is 1. The molecule has 0 bridgehead atoms. The quantitative estimate of drug-likeness (QED) is 0.540. The molecule has 1 unspecified atom stereocenters. The summed E-state index contributed by atoms with van der Waals surface area (Å²) in [6, 6.07) is 5.83. The summed E-state index contributed by atoms with van der Waals surface area (Å²) in [6.45, 7) is 1.71. The highest BCUT2D eigenvalue weighted by molar-refractivity contribution is 6.07. The molecule has 1 aromatic rings. The molecular weight excluding hydrogens is 341 g/mol. The zero-order valence-corrected chi connectivity index (χ0v) is 14.2. The number of benzene rings is 1. The summed E-state index contributed by atoms with van der Waals surface area (Å²) < 4.78 is 20.1. The highest BCUT2D eigenvalue weighted by Gasteiger charge is 2.47. The number of carbonyl (C=O) groups excluding carboxylic acids is 2. The molecule has 3 atom stereocenters. The summed E-state index contributed by atoms with van der Waals surface area (Å²) in [5.74, 6) is -1.76. The van der Waals surface area contributed by atoms with Crippen LogP contribution in [0.25, 0.3) is 0 Å². The van der Waals surface area contributed by atoms with Crippen LogP contribution in [0.4, 0.5) is 9.18 Å². The van der Waals surface area contributed by atoms with Gasteiger partial charge < -0.3 is 15.2 Å². The zero-order chi connectivity index (χ0) is 18.9. The summed E-state index contributed by atoms with van der Waals surface area (Å²) >= 11 is 0. The number of nitrogens with two attached hydrogens (primary N) is 1. The van der Waals surface area contributed by atoms with E-state index in [0.717, 1.165) is 23.1 Å². The molecule has 0 radical (unpaired) electrons. The Labute approximate surface area is 149 Å². The van der Waals surface area contributed by atoms with Gasteiger partial charge in [-0.25, -0.2) is 9.18 Å². The maximum Gasteiger partial charge on any atom is 0.326 e. The lowest BCUT2D eigenvalue weighted by Gasteiger charge is -2.37. The maximum absolute atomic E-state index is 14.7. The van der Waals surface area contributed by atoms with E-state index < -0.39 is 35.6 Å². The molecule has 0 aliphatic carbocycles. The van der Waals surface area contributed by atoms with Gasteiger partial charge in [-0.2, -0.15) is 0 Å².